The van der Waals surface area contributed by atoms with Gasteiger partial charge in [0, 0.05) is 22.0 Å². The molecule has 1 aromatic heterocycles. The molecule has 40 heavy (non-hydrogen) atoms. The zero-order valence-corrected chi connectivity index (χ0v) is 24.2. The molecule has 0 radical (unpaired) electrons. The Kier molecular flexibility index (Phi) is 7.33. The minimum absolute atomic E-state index is 0.0687. The van der Waals surface area contributed by atoms with Crippen molar-refractivity contribution in [2.75, 3.05) is 0 Å². The number of carbonyl (C=O) groups is 1. The number of phenols is 1. The molecular weight excluding hydrogens is 576 g/mol. The highest BCUT2D eigenvalue weighted by atomic mass is 79.9. The third kappa shape index (κ3) is 5.29. The lowest BCUT2D eigenvalue weighted by molar-refractivity contribution is -0.0232. The number of carbonyl (C=O) groups excluding carboxylic acids is 1. The average molecular weight is 605 g/mol. The minimum atomic E-state index is -1.16. The van der Waals surface area contributed by atoms with E-state index in [0.717, 1.165) is 10.0 Å². The number of allylic oxidation sites excluding steroid dienone is 2. The molecule has 0 saturated heterocycles. The molecule has 3 aromatic carbocycles. The molecule has 0 bridgehead atoms. The molecule has 0 amide bonds. The van der Waals surface area contributed by atoms with Crippen LogP contribution in [0, 0.1) is 0 Å². The first-order chi connectivity index (χ1) is 18.9. The summed E-state index contributed by atoms with van der Waals surface area (Å²) in [6.45, 7) is 7.24. The number of aliphatic hydroxyl groups is 1. The van der Waals surface area contributed by atoms with Gasteiger partial charge in [-0.2, -0.15) is 0 Å². The maximum absolute atomic E-state index is 13.8. The molecular formula is C32H29BrO7. The fourth-order valence-electron chi connectivity index (χ4n) is 4.69. The Balaban J connectivity index is 1.54. The molecule has 1 aliphatic rings. The number of halogens is 1. The van der Waals surface area contributed by atoms with E-state index >= 15 is 0 Å². The maximum atomic E-state index is 13.8. The summed E-state index contributed by atoms with van der Waals surface area (Å²) >= 11 is 3.34. The van der Waals surface area contributed by atoms with Gasteiger partial charge in [0.05, 0.1) is 16.7 Å². The number of esters is 1. The summed E-state index contributed by atoms with van der Waals surface area (Å²) < 4.78 is 18.4. The van der Waals surface area contributed by atoms with Crippen molar-refractivity contribution in [1.29, 1.82) is 0 Å². The summed E-state index contributed by atoms with van der Waals surface area (Å²) in [4.78, 5) is 26.2. The van der Waals surface area contributed by atoms with Crippen molar-refractivity contribution in [3.63, 3.8) is 0 Å². The summed E-state index contributed by atoms with van der Waals surface area (Å²) in [5, 5.41) is 21.9. The zero-order chi connectivity index (χ0) is 28.8. The molecule has 0 fully saturated rings. The molecule has 7 nitrogen and oxygen atoms in total. The van der Waals surface area contributed by atoms with E-state index in [9.17, 15) is 19.8 Å². The zero-order valence-electron chi connectivity index (χ0n) is 22.6. The summed E-state index contributed by atoms with van der Waals surface area (Å²) in [5.41, 5.74) is 2.10. The van der Waals surface area contributed by atoms with Crippen LogP contribution in [0.15, 0.2) is 80.1 Å². The fraction of sp³-hybridized carbons (Fsp3) is 0.250. The average Bonchev–Trinajstić information content (AvgIpc) is 3.36. The molecule has 1 aliphatic heterocycles. The Hall–Kier alpha value is -3.88. The van der Waals surface area contributed by atoms with Crippen LogP contribution >= 0.6 is 15.9 Å². The molecule has 0 spiro atoms. The summed E-state index contributed by atoms with van der Waals surface area (Å²) in [7, 11) is 0. The standard InChI is InChI=1S/C32H29BrO7/c1-17(2)5-14-22-29-23(15-25(40-29)32(3,4)37)27(34)26-28(35)24(16-38-30(22)26)18-8-12-21(13-9-18)39-31(36)19-6-10-20(33)11-7-19/h5-13,16,25,34,37H,14-15H2,1-4H3. The largest absolute Gasteiger partial charge is 0.507 e. The number of fused-ring (bicyclic) bond motifs is 2. The van der Waals surface area contributed by atoms with Gasteiger partial charge in [0.2, 0.25) is 5.43 Å². The van der Waals surface area contributed by atoms with Crippen molar-refractivity contribution in [3.8, 4) is 28.4 Å². The van der Waals surface area contributed by atoms with Crippen molar-refractivity contribution >= 4 is 32.9 Å². The monoisotopic (exact) mass is 604 g/mol. The van der Waals surface area contributed by atoms with Crippen LogP contribution in [0.5, 0.6) is 17.2 Å². The van der Waals surface area contributed by atoms with Crippen LogP contribution < -0.4 is 14.9 Å². The molecule has 0 saturated carbocycles. The number of aromatic hydroxyl groups is 1. The summed E-state index contributed by atoms with van der Waals surface area (Å²) in [5.74, 6) is 0.0665. The molecule has 1 unspecified atom stereocenters. The van der Waals surface area contributed by atoms with Crippen molar-refractivity contribution in [1.82, 2.24) is 0 Å². The van der Waals surface area contributed by atoms with Crippen LogP contribution in [-0.4, -0.2) is 27.9 Å². The Bertz CT molecular complexity index is 1690. The molecule has 206 valence electrons. The topological polar surface area (TPSA) is 106 Å². The van der Waals surface area contributed by atoms with Gasteiger partial charge in [0.1, 0.15) is 40.6 Å². The van der Waals surface area contributed by atoms with Crippen molar-refractivity contribution < 1.29 is 28.9 Å². The first-order valence-corrected chi connectivity index (χ1v) is 13.7. The number of rotatable bonds is 6. The number of benzene rings is 3. The van der Waals surface area contributed by atoms with Crippen LogP contribution in [0.1, 0.15) is 49.2 Å². The third-order valence-electron chi connectivity index (χ3n) is 6.95. The Morgan fingerprint density at radius 3 is 2.42 bits per heavy atom. The van der Waals surface area contributed by atoms with Gasteiger partial charge < -0.3 is 24.1 Å². The van der Waals surface area contributed by atoms with E-state index in [1.54, 1.807) is 62.4 Å². The van der Waals surface area contributed by atoms with Gasteiger partial charge in [-0.25, -0.2) is 4.79 Å². The van der Waals surface area contributed by atoms with Gasteiger partial charge in [-0.05, 0) is 76.1 Å². The smallest absolute Gasteiger partial charge is 0.343 e. The van der Waals surface area contributed by atoms with Crippen LogP contribution in [0.3, 0.4) is 0 Å². The van der Waals surface area contributed by atoms with E-state index in [1.807, 2.05) is 19.9 Å². The first-order valence-electron chi connectivity index (χ1n) is 12.9. The van der Waals surface area contributed by atoms with Gasteiger partial charge in [-0.1, -0.05) is 39.7 Å². The number of hydrogen-bond donors (Lipinski definition) is 2. The second kappa shape index (κ2) is 10.6. The van der Waals surface area contributed by atoms with E-state index in [4.69, 9.17) is 13.9 Å². The Labute approximate surface area is 239 Å². The summed E-state index contributed by atoms with van der Waals surface area (Å²) in [6, 6.07) is 13.3. The lowest BCUT2D eigenvalue weighted by Crippen LogP contribution is -2.39. The highest BCUT2D eigenvalue weighted by Gasteiger charge is 2.39. The maximum Gasteiger partial charge on any atom is 0.343 e. The normalized spacial score (nSPS) is 14.5. The Morgan fingerprint density at radius 2 is 1.80 bits per heavy atom. The molecule has 4 aromatic rings. The number of phenolic OH excluding ortho intramolecular Hbond substituents is 1. The molecule has 1 atom stereocenters. The van der Waals surface area contributed by atoms with Gasteiger partial charge in [0.15, 0.2) is 0 Å². The first kappa shape index (κ1) is 27.7. The number of hydrogen-bond acceptors (Lipinski definition) is 7. The third-order valence-corrected chi connectivity index (χ3v) is 7.47. The van der Waals surface area contributed by atoms with Crippen LogP contribution in [-0.2, 0) is 12.8 Å². The van der Waals surface area contributed by atoms with Gasteiger partial charge in [-0.3, -0.25) is 4.79 Å². The van der Waals surface area contributed by atoms with Crippen molar-refractivity contribution in [3.05, 3.63) is 97.8 Å². The minimum Gasteiger partial charge on any atom is -0.507 e. The summed E-state index contributed by atoms with van der Waals surface area (Å²) in [6.07, 6.45) is 3.46. The van der Waals surface area contributed by atoms with E-state index in [2.05, 4.69) is 15.9 Å². The lowest BCUT2D eigenvalue weighted by atomic mass is 9.93. The molecule has 0 aliphatic carbocycles. The fourth-order valence-corrected chi connectivity index (χ4v) is 4.95. The van der Waals surface area contributed by atoms with Crippen molar-refractivity contribution in [2.24, 2.45) is 0 Å². The molecule has 8 heteroatoms. The van der Waals surface area contributed by atoms with Gasteiger partial charge >= 0.3 is 5.97 Å². The molecule has 2 heterocycles. The Morgan fingerprint density at radius 1 is 1.12 bits per heavy atom. The highest BCUT2D eigenvalue weighted by molar-refractivity contribution is 9.10. The number of ether oxygens (including phenoxy) is 2. The quantitative estimate of drug-likeness (QED) is 0.143. The molecule has 2 N–H and O–H groups in total. The highest BCUT2D eigenvalue weighted by Crippen LogP contribution is 2.46. The van der Waals surface area contributed by atoms with Gasteiger partial charge in [0.25, 0.3) is 0 Å². The van der Waals surface area contributed by atoms with E-state index in [1.165, 1.54) is 6.26 Å². The van der Waals surface area contributed by atoms with E-state index < -0.39 is 23.1 Å². The van der Waals surface area contributed by atoms with E-state index in [0.29, 0.717) is 40.2 Å². The van der Waals surface area contributed by atoms with Crippen LogP contribution in [0.2, 0.25) is 0 Å². The van der Waals surface area contributed by atoms with E-state index in [-0.39, 0.29) is 28.7 Å². The van der Waals surface area contributed by atoms with Gasteiger partial charge in [-0.15, -0.1) is 0 Å². The van der Waals surface area contributed by atoms with Crippen LogP contribution in [0.25, 0.3) is 22.1 Å². The molecule has 5 rings (SSSR count). The van der Waals surface area contributed by atoms with Crippen LogP contribution in [0.4, 0.5) is 0 Å². The predicted molar refractivity (Wildman–Crippen MR) is 156 cm³/mol. The van der Waals surface area contributed by atoms with Crippen molar-refractivity contribution in [2.45, 2.75) is 52.2 Å². The SMILES string of the molecule is CC(C)=CCc1c2c(c(O)c3c(=O)c(-c4ccc(OC(=O)c5ccc(Br)cc5)cc4)coc13)CC(C(C)(C)O)O2. The lowest BCUT2D eigenvalue weighted by Gasteiger charge is -2.24. The second-order valence-corrected chi connectivity index (χ2v) is 11.6. The predicted octanol–water partition coefficient (Wildman–Crippen LogP) is 6.73. The second-order valence-electron chi connectivity index (χ2n) is 10.7.